The smallest absolute Gasteiger partial charge is 0.263 e. The van der Waals surface area contributed by atoms with E-state index in [1.54, 1.807) is 42.9 Å². The Morgan fingerprint density at radius 3 is 2.47 bits per heavy atom. The highest BCUT2D eigenvalue weighted by atomic mass is 32.2. The minimum atomic E-state index is -3.88. The molecule has 0 fully saturated rings. The van der Waals surface area contributed by atoms with Crippen LogP contribution in [0.1, 0.15) is 15.9 Å². The third-order valence-corrected chi connectivity index (χ3v) is 7.78. The fraction of sp³-hybridized carbons (Fsp3) is 0.0370. The summed E-state index contributed by atoms with van der Waals surface area (Å²) in [6.07, 6.45) is 6.47. The molecule has 0 bridgehead atoms. The summed E-state index contributed by atoms with van der Waals surface area (Å²) in [5.74, 6) is 0.658. The summed E-state index contributed by atoms with van der Waals surface area (Å²) in [6.45, 7) is 0. The number of carbonyl (C=O) groups excluding carboxylic acids is 1. The van der Waals surface area contributed by atoms with Gasteiger partial charge >= 0.3 is 0 Å². The normalized spacial score (nSPS) is 11.2. The van der Waals surface area contributed by atoms with Crippen molar-refractivity contribution in [1.29, 1.82) is 0 Å². The van der Waals surface area contributed by atoms with Crippen LogP contribution in [0.2, 0.25) is 0 Å². The van der Waals surface area contributed by atoms with Crippen LogP contribution in [-0.2, 0) is 15.8 Å². The Morgan fingerprint density at radius 2 is 1.71 bits per heavy atom. The molecule has 2 heterocycles. The van der Waals surface area contributed by atoms with Crippen LogP contribution >= 0.6 is 11.8 Å². The largest absolute Gasteiger partial charge is 0.322 e. The van der Waals surface area contributed by atoms with Gasteiger partial charge in [-0.1, -0.05) is 30.3 Å². The predicted molar refractivity (Wildman–Crippen MR) is 147 cm³/mol. The average Bonchev–Trinajstić information content (AvgIpc) is 3.41. The standard InChI is InChI=1S/C27H22N6O3S2/c34-27(21-6-4-5-20(17-21)19-37-26-18-28-15-16-29-26)31-22-9-11-24(12-10-22)38(35,36)32-25-13-14-30-33(25)23-7-2-1-3-8-23/h1-18,32H,19H2,(H,31,34). The number of sulfonamides is 1. The number of anilines is 2. The van der Waals surface area contributed by atoms with E-state index in [-0.39, 0.29) is 10.8 Å². The Hall–Kier alpha value is -4.48. The van der Waals surface area contributed by atoms with Crippen LogP contribution in [0, 0.1) is 0 Å². The number of benzene rings is 3. The molecule has 5 rings (SSSR count). The monoisotopic (exact) mass is 542 g/mol. The molecular formula is C27H22N6O3S2. The highest BCUT2D eigenvalue weighted by Crippen LogP contribution is 2.22. The Balaban J connectivity index is 1.24. The topological polar surface area (TPSA) is 119 Å². The lowest BCUT2D eigenvalue weighted by Crippen LogP contribution is -2.16. The number of aromatic nitrogens is 4. The maximum atomic E-state index is 13.0. The summed E-state index contributed by atoms with van der Waals surface area (Å²) in [4.78, 5) is 21.2. The molecule has 2 aromatic heterocycles. The van der Waals surface area contributed by atoms with Crippen molar-refractivity contribution in [1.82, 2.24) is 19.7 Å². The van der Waals surface area contributed by atoms with Crippen molar-refractivity contribution in [2.75, 3.05) is 10.0 Å². The summed E-state index contributed by atoms with van der Waals surface area (Å²) in [6, 6.07) is 24.1. The van der Waals surface area contributed by atoms with Crippen LogP contribution < -0.4 is 10.0 Å². The molecular weight excluding hydrogens is 520 g/mol. The lowest BCUT2D eigenvalue weighted by molar-refractivity contribution is 0.102. The molecule has 0 saturated carbocycles. The van der Waals surface area contributed by atoms with Crippen LogP contribution in [0.25, 0.3) is 5.69 Å². The van der Waals surface area contributed by atoms with Crippen LogP contribution in [-0.4, -0.2) is 34.1 Å². The fourth-order valence-corrected chi connectivity index (χ4v) is 5.40. The molecule has 0 unspecified atom stereocenters. The maximum Gasteiger partial charge on any atom is 0.263 e. The minimum absolute atomic E-state index is 0.0549. The van der Waals surface area contributed by atoms with E-state index >= 15 is 0 Å². The Labute approximate surface area is 224 Å². The van der Waals surface area contributed by atoms with E-state index in [4.69, 9.17) is 0 Å². The maximum absolute atomic E-state index is 13.0. The summed E-state index contributed by atoms with van der Waals surface area (Å²) < 4.78 is 30.1. The quantitative estimate of drug-likeness (QED) is 0.251. The molecule has 38 heavy (non-hydrogen) atoms. The molecule has 0 atom stereocenters. The van der Waals surface area contributed by atoms with E-state index in [0.717, 1.165) is 16.3 Å². The summed E-state index contributed by atoms with van der Waals surface area (Å²) in [7, 11) is -3.88. The van der Waals surface area contributed by atoms with Gasteiger partial charge in [0.1, 0.15) is 10.8 Å². The van der Waals surface area contributed by atoms with Gasteiger partial charge in [0.15, 0.2) is 0 Å². The number of amides is 1. The molecule has 0 saturated heterocycles. The zero-order valence-electron chi connectivity index (χ0n) is 19.9. The van der Waals surface area contributed by atoms with Crippen LogP contribution in [0.3, 0.4) is 0 Å². The molecule has 3 aromatic carbocycles. The zero-order valence-corrected chi connectivity index (χ0v) is 21.6. The van der Waals surface area contributed by atoms with Gasteiger partial charge in [-0.25, -0.2) is 18.1 Å². The van der Waals surface area contributed by atoms with E-state index in [0.29, 0.717) is 22.8 Å². The van der Waals surface area contributed by atoms with Crippen molar-refractivity contribution in [3.05, 3.63) is 121 Å². The van der Waals surface area contributed by atoms with Gasteiger partial charge in [0.2, 0.25) is 0 Å². The SMILES string of the molecule is O=C(Nc1ccc(S(=O)(=O)Nc2ccnn2-c2ccccc2)cc1)c1cccc(CSc2cnccn2)c1. The van der Waals surface area contributed by atoms with Gasteiger partial charge in [0, 0.05) is 35.5 Å². The molecule has 0 aliphatic heterocycles. The van der Waals surface area contributed by atoms with Gasteiger partial charge in [0.25, 0.3) is 15.9 Å². The van der Waals surface area contributed by atoms with Gasteiger partial charge in [-0.3, -0.25) is 14.5 Å². The van der Waals surface area contributed by atoms with Crippen LogP contribution in [0.4, 0.5) is 11.5 Å². The van der Waals surface area contributed by atoms with Crippen molar-refractivity contribution in [3.8, 4) is 5.69 Å². The molecule has 1 amide bonds. The summed E-state index contributed by atoms with van der Waals surface area (Å²) in [5, 5.41) is 7.83. The van der Waals surface area contributed by atoms with Gasteiger partial charge in [0.05, 0.1) is 23.0 Å². The van der Waals surface area contributed by atoms with Crippen molar-refractivity contribution >= 4 is 39.2 Å². The number of nitrogens with zero attached hydrogens (tertiary/aromatic N) is 4. The number of carbonyl (C=O) groups is 1. The second-order valence-electron chi connectivity index (χ2n) is 8.08. The predicted octanol–water partition coefficient (Wildman–Crippen LogP) is 5.01. The molecule has 0 aliphatic rings. The average molecular weight is 543 g/mol. The van der Waals surface area contributed by atoms with Crippen LogP contribution in [0.15, 0.2) is 120 Å². The van der Waals surface area contributed by atoms with Gasteiger partial charge in [-0.05, 0) is 54.1 Å². The Kier molecular flexibility index (Phi) is 7.47. The lowest BCUT2D eigenvalue weighted by Gasteiger charge is -2.11. The second kappa shape index (κ2) is 11.3. The van der Waals surface area contributed by atoms with Crippen molar-refractivity contribution in [3.63, 3.8) is 0 Å². The van der Waals surface area contributed by atoms with Crippen molar-refractivity contribution < 1.29 is 13.2 Å². The van der Waals surface area contributed by atoms with Crippen molar-refractivity contribution in [2.45, 2.75) is 15.7 Å². The van der Waals surface area contributed by atoms with Crippen LogP contribution in [0.5, 0.6) is 0 Å². The highest BCUT2D eigenvalue weighted by Gasteiger charge is 2.17. The first-order chi connectivity index (χ1) is 18.5. The number of hydrogen-bond donors (Lipinski definition) is 2. The van der Waals surface area contributed by atoms with E-state index in [1.165, 1.54) is 34.8 Å². The third kappa shape index (κ3) is 6.07. The second-order valence-corrected chi connectivity index (χ2v) is 10.8. The molecule has 0 aliphatic carbocycles. The molecule has 11 heteroatoms. The van der Waals surface area contributed by atoms with Gasteiger partial charge < -0.3 is 5.32 Å². The zero-order chi connectivity index (χ0) is 26.4. The Morgan fingerprint density at radius 1 is 0.895 bits per heavy atom. The first kappa shape index (κ1) is 25.2. The fourth-order valence-electron chi connectivity index (χ4n) is 3.59. The molecule has 0 spiro atoms. The lowest BCUT2D eigenvalue weighted by atomic mass is 10.1. The number of hydrogen-bond acceptors (Lipinski definition) is 7. The van der Waals surface area contributed by atoms with E-state index in [2.05, 4.69) is 25.1 Å². The van der Waals surface area contributed by atoms with E-state index < -0.39 is 10.0 Å². The van der Waals surface area contributed by atoms with Gasteiger partial charge in [-0.15, -0.1) is 11.8 Å². The first-order valence-corrected chi connectivity index (χ1v) is 14.0. The summed E-state index contributed by atoms with van der Waals surface area (Å²) in [5.41, 5.74) is 2.66. The molecule has 2 N–H and O–H groups in total. The number of nitrogens with one attached hydrogen (secondary N) is 2. The Bertz CT molecular complexity index is 1640. The minimum Gasteiger partial charge on any atom is -0.322 e. The number of rotatable bonds is 9. The van der Waals surface area contributed by atoms with E-state index in [9.17, 15) is 13.2 Å². The third-order valence-electron chi connectivity index (χ3n) is 5.42. The first-order valence-electron chi connectivity index (χ1n) is 11.5. The van der Waals surface area contributed by atoms with Gasteiger partial charge in [-0.2, -0.15) is 5.10 Å². The molecule has 0 radical (unpaired) electrons. The number of thioether (sulfide) groups is 1. The molecule has 9 nitrogen and oxygen atoms in total. The molecule has 5 aromatic rings. The number of para-hydroxylation sites is 1. The van der Waals surface area contributed by atoms with Crippen molar-refractivity contribution in [2.24, 2.45) is 0 Å². The van der Waals surface area contributed by atoms with E-state index in [1.807, 2.05) is 48.5 Å². The highest BCUT2D eigenvalue weighted by molar-refractivity contribution is 7.98. The summed E-state index contributed by atoms with van der Waals surface area (Å²) >= 11 is 1.53. The molecule has 190 valence electrons.